The number of Topliss-reactive ketones (excluding diaryl/α,β-unsaturated/α-hetero) is 1. The number of allylic oxidation sites excluding steroid dienone is 2. The van der Waals surface area contributed by atoms with Gasteiger partial charge in [-0.1, -0.05) is 34.9 Å². The summed E-state index contributed by atoms with van der Waals surface area (Å²) in [5, 5.41) is 1.98. The highest BCUT2D eigenvalue weighted by atomic mass is 35.5. The normalized spacial score (nSPS) is 18.3. The van der Waals surface area contributed by atoms with Crippen LogP contribution in [-0.2, 0) is 9.59 Å². The number of carbonyl (C=O) groups excluding carboxylic acids is 5. The monoisotopic (exact) mass is 580 g/mol. The standard InChI is InChI=1S/C29H22Cl2N2O7/c1-16-4-10-20-21(13-16)28(37)33(27(20)36)32(26(35)18-7-11-22(30)23(31)14-18)15-24(34)17-5-8-19(9-6-17)40-29(38)25-3-2-12-39-25/h2-9,11-12,14,20-21H,10,13,15H2,1H3/t20-,21+/m0/s1. The number of ether oxygens (including phenoxy) is 1. The number of ketones is 1. The Bertz CT molecular complexity index is 1550. The molecule has 0 N–H and O–H groups in total. The van der Waals surface area contributed by atoms with Crippen LogP contribution in [0.1, 0.15) is 51.0 Å². The Morgan fingerprint density at radius 2 is 1.68 bits per heavy atom. The van der Waals surface area contributed by atoms with E-state index in [0.29, 0.717) is 12.8 Å². The van der Waals surface area contributed by atoms with Gasteiger partial charge in [-0.15, -0.1) is 0 Å². The minimum absolute atomic E-state index is 0.0162. The van der Waals surface area contributed by atoms with Crippen LogP contribution in [0.3, 0.4) is 0 Å². The van der Waals surface area contributed by atoms with Crippen molar-refractivity contribution in [3.63, 3.8) is 0 Å². The van der Waals surface area contributed by atoms with Crippen molar-refractivity contribution in [3.05, 3.63) is 99.4 Å². The molecule has 11 heteroatoms. The number of furan rings is 1. The van der Waals surface area contributed by atoms with Crippen LogP contribution < -0.4 is 4.74 Å². The lowest BCUT2D eigenvalue weighted by molar-refractivity contribution is -0.154. The van der Waals surface area contributed by atoms with Crippen LogP contribution in [0.2, 0.25) is 10.0 Å². The summed E-state index contributed by atoms with van der Waals surface area (Å²) in [6.07, 6.45) is 4.02. The van der Waals surface area contributed by atoms with Gasteiger partial charge in [-0.05, 0) is 74.4 Å². The second-order valence-electron chi connectivity index (χ2n) is 9.50. The third kappa shape index (κ3) is 5.30. The van der Waals surface area contributed by atoms with E-state index < -0.39 is 47.9 Å². The molecule has 2 aromatic carbocycles. The Balaban J connectivity index is 1.40. The van der Waals surface area contributed by atoms with Gasteiger partial charge < -0.3 is 9.15 Å². The number of hydrogen-bond donors (Lipinski definition) is 0. The molecule has 2 heterocycles. The molecule has 3 amide bonds. The van der Waals surface area contributed by atoms with Gasteiger partial charge >= 0.3 is 5.97 Å². The lowest BCUT2D eigenvalue weighted by Gasteiger charge is -2.30. The predicted octanol–water partition coefficient (Wildman–Crippen LogP) is 5.39. The smallest absolute Gasteiger partial charge is 0.379 e. The van der Waals surface area contributed by atoms with Crippen LogP contribution in [0.25, 0.3) is 0 Å². The molecule has 1 aromatic heterocycles. The number of amides is 3. The van der Waals surface area contributed by atoms with Gasteiger partial charge in [0.25, 0.3) is 17.7 Å². The average molecular weight is 581 g/mol. The molecule has 204 valence electrons. The molecule has 2 atom stereocenters. The van der Waals surface area contributed by atoms with Gasteiger partial charge in [0, 0.05) is 11.1 Å². The molecule has 1 aliphatic heterocycles. The average Bonchev–Trinajstić information content (AvgIpc) is 3.56. The summed E-state index contributed by atoms with van der Waals surface area (Å²) < 4.78 is 10.2. The predicted molar refractivity (Wildman–Crippen MR) is 144 cm³/mol. The van der Waals surface area contributed by atoms with Gasteiger partial charge in [-0.25, -0.2) is 9.80 Å². The Morgan fingerprint density at radius 3 is 2.35 bits per heavy atom. The Hall–Kier alpha value is -4.21. The van der Waals surface area contributed by atoms with Crippen LogP contribution >= 0.6 is 23.2 Å². The van der Waals surface area contributed by atoms with Crippen molar-refractivity contribution >= 4 is 52.7 Å². The third-order valence-electron chi connectivity index (χ3n) is 6.84. The summed E-state index contributed by atoms with van der Waals surface area (Å²) in [4.78, 5) is 65.9. The van der Waals surface area contributed by atoms with E-state index in [1.807, 2.05) is 13.0 Å². The lowest BCUT2D eigenvalue weighted by Crippen LogP contribution is -2.52. The Labute approximate surface area is 238 Å². The first-order chi connectivity index (χ1) is 19.1. The molecule has 0 spiro atoms. The molecule has 9 nitrogen and oxygen atoms in total. The van der Waals surface area contributed by atoms with Gasteiger partial charge in [-0.3, -0.25) is 19.2 Å². The molecule has 40 heavy (non-hydrogen) atoms. The van der Waals surface area contributed by atoms with E-state index in [0.717, 1.165) is 15.6 Å². The van der Waals surface area contributed by atoms with Gasteiger partial charge in [0.2, 0.25) is 5.76 Å². The van der Waals surface area contributed by atoms with Crippen LogP contribution in [0, 0.1) is 11.8 Å². The SMILES string of the molecule is CC1=CC[C@@H]2C(=O)N(N(CC(=O)c3ccc(OC(=O)c4ccco4)cc3)C(=O)c3ccc(Cl)c(Cl)c3)C(=O)[C@@H]2C1. The molecule has 3 aromatic rings. The molecule has 1 saturated heterocycles. The molecule has 0 radical (unpaired) electrons. The lowest BCUT2D eigenvalue weighted by atomic mass is 9.82. The number of fused-ring (bicyclic) bond motifs is 1. The molecule has 1 aliphatic carbocycles. The minimum Gasteiger partial charge on any atom is -0.457 e. The summed E-state index contributed by atoms with van der Waals surface area (Å²) in [5.74, 6) is -4.15. The first-order valence-corrected chi connectivity index (χ1v) is 13.1. The van der Waals surface area contributed by atoms with Crippen LogP contribution in [0.5, 0.6) is 5.75 Å². The van der Waals surface area contributed by atoms with Crippen molar-refractivity contribution in [3.8, 4) is 5.75 Å². The van der Waals surface area contributed by atoms with Crippen molar-refractivity contribution in [2.24, 2.45) is 11.8 Å². The van der Waals surface area contributed by atoms with E-state index in [2.05, 4.69) is 0 Å². The van der Waals surface area contributed by atoms with E-state index in [9.17, 15) is 24.0 Å². The maximum atomic E-state index is 13.7. The summed E-state index contributed by atoms with van der Waals surface area (Å²) in [5.41, 5.74) is 1.20. The van der Waals surface area contributed by atoms with E-state index in [-0.39, 0.29) is 32.7 Å². The topological polar surface area (TPSA) is 114 Å². The number of benzene rings is 2. The van der Waals surface area contributed by atoms with E-state index in [4.69, 9.17) is 32.4 Å². The number of esters is 1. The number of nitrogens with zero attached hydrogens (tertiary/aromatic N) is 2. The number of imide groups is 1. The summed E-state index contributed by atoms with van der Waals surface area (Å²) in [6, 6.07) is 12.8. The quantitative estimate of drug-likeness (QED) is 0.121. The van der Waals surface area contributed by atoms with Gasteiger partial charge in [0.15, 0.2) is 5.78 Å². The molecule has 1 fully saturated rings. The highest BCUT2D eigenvalue weighted by molar-refractivity contribution is 6.42. The summed E-state index contributed by atoms with van der Waals surface area (Å²) in [7, 11) is 0. The fraction of sp³-hybridized carbons (Fsp3) is 0.207. The van der Waals surface area contributed by atoms with Crippen LogP contribution in [0.4, 0.5) is 0 Å². The molecular formula is C29H22Cl2N2O7. The van der Waals surface area contributed by atoms with E-state index in [1.165, 1.54) is 54.8 Å². The molecule has 0 unspecified atom stereocenters. The highest BCUT2D eigenvalue weighted by Gasteiger charge is 2.51. The van der Waals surface area contributed by atoms with E-state index >= 15 is 0 Å². The molecular weight excluding hydrogens is 559 g/mol. The number of hydrogen-bond acceptors (Lipinski definition) is 7. The minimum atomic E-state index is -0.763. The molecule has 2 aliphatic rings. The second-order valence-corrected chi connectivity index (χ2v) is 10.3. The number of hydrazine groups is 1. The zero-order valence-electron chi connectivity index (χ0n) is 21.1. The van der Waals surface area contributed by atoms with Gasteiger partial charge in [0.05, 0.1) is 28.1 Å². The van der Waals surface area contributed by atoms with Crippen LogP contribution in [-0.4, -0.2) is 46.0 Å². The number of rotatable bonds is 7. The van der Waals surface area contributed by atoms with Crippen molar-refractivity contribution in [1.82, 2.24) is 10.0 Å². The second kappa shape index (κ2) is 11.1. The largest absolute Gasteiger partial charge is 0.457 e. The zero-order chi connectivity index (χ0) is 28.6. The fourth-order valence-corrected chi connectivity index (χ4v) is 5.06. The highest BCUT2D eigenvalue weighted by Crippen LogP contribution is 2.39. The third-order valence-corrected chi connectivity index (χ3v) is 7.58. The molecule has 5 rings (SSSR count). The Morgan fingerprint density at radius 1 is 0.975 bits per heavy atom. The molecule has 0 bridgehead atoms. The van der Waals surface area contributed by atoms with Crippen molar-refractivity contribution in [2.45, 2.75) is 19.8 Å². The summed E-state index contributed by atoms with van der Waals surface area (Å²) >= 11 is 12.1. The van der Waals surface area contributed by atoms with Gasteiger partial charge in [0.1, 0.15) is 12.3 Å². The van der Waals surface area contributed by atoms with Gasteiger partial charge in [-0.2, -0.15) is 5.01 Å². The number of carbonyl (C=O) groups is 5. The first kappa shape index (κ1) is 27.4. The maximum Gasteiger partial charge on any atom is 0.379 e. The van der Waals surface area contributed by atoms with Crippen molar-refractivity contribution < 1.29 is 33.1 Å². The van der Waals surface area contributed by atoms with Crippen molar-refractivity contribution in [1.29, 1.82) is 0 Å². The Kier molecular flexibility index (Phi) is 7.60. The summed E-state index contributed by atoms with van der Waals surface area (Å²) in [6.45, 7) is 1.28. The molecule has 0 saturated carbocycles. The van der Waals surface area contributed by atoms with E-state index in [1.54, 1.807) is 6.07 Å². The zero-order valence-corrected chi connectivity index (χ0v) is 22.6. The van der Waals surface area contributed by atoms with Crippen molar-refractivity contribution in [2.75, 3.05) is 6.54 Å². The fourth-order valence-electron chi connectivity index (χ4n) is 4.76. The maximum absolute atomic E-state index is 13.7. The number of halogens is 2. The first-order valence-electron chi connectivity index (χ1n) is 12.3. The van der Waals surface area contributed by atoms with Crippen LogP contribution in [0.15, 0.2) is 76.9 Å².